The highest BCUT2D eigenvalue weighted by atomic mass is 32.2. The van der Waals surface area contributed by atoms with Crippen LogP contribution >= 0.6 is 0 Å². The van der Waals surface area contributed by atoms with E-state index in [2.05, 4.69) is 10.3 Å². The van der Waals surface area contributed by atoms with Gasteiger partial charge in [0, 0.05) is 39.4 Å². The van der Waals surface area contributed by atoms with E-state index in [1.165, 1.54) is 13.2 Å². The van der Waals surface area contributed by atoms with Gasteiger partial charge in [0.25, 0.3) is 0 Å². The molecule has 1 N–H and O–H groups in total. The Kier molecular flexibility index (Phi) is 6.05. The highest BCUT2D eigenvalue weighted by Crippen LogP contribution is 2.23. The van der Waals surface area contributed by atoms with E-state index in [4.69, 9.17) is 4.74 Å². The molecule has 1 heterocycles. The minimum atomic E-state index is -3.10. The van der Waals surface area contributed by atoms with Crippen LogP contribution in [0.5, 0.6) is 0 Å². The summed E-state index contributed by atoms with van der Waals surface area (Å²) in [6, 6.07) is 4.88. The van der Waals surface area contributed by atoms with E-state index in [0.29, 0.717) is 31.2 Å². The second-order valence-electron chi connectivity index (χ2n) is 6.76. The maximum absolute atomic E-state index is 13.7. The van der Waals surface area contributed by atoms with Gasteiger partial charge in [0.05, 0.1) is 17.1 Å². The van der Waals surface area contributed by atoms with Crippen molar-refractivity contribution >= 4 is 15.8 Å². The van der Waals surface area contributed by atoms with Crippen LogP contribution in [0.3, 0.4) is 0 Å². The van der Waals surface area contributed by atoms with Crippen LogP contribution in [-0.2, 0) is 27.7 Å². The number of guanidine groups is 1. The molecule has 0 aromatic heterocycles. The van der Waals surface area contributed by atoms with Crippen LogP contribution in [0.25, 0.3) is 0 Å². The molecule has 0 atom stereocenters. The first kappa shape index (κ1) is 19.7. The molecule has 0 amide bonds. The van der Waals surface area contributed by atoms with Crippen LogP contribution in [0.2, 0.25) is 0 Å². The molecule has 0 radical (unpaired) electrons. The number of sulfone groups is 1. The van der Waals surface area contributed by atoms with Crippen molar-refractivity contribution in [1.82, 2.24) is 10.2 Å². The fraction of sp³-hybridized carbons (Fsp3) is 0.588. The summed E-state index contributed by atoms with van der Waals surface area (Å²) in [4.78, 5) is 6.20. The standard InChI is InChI=1S/C17H26FN3O3S/c1-17(2)12-21(7-8-25(17,22)23)16(19-3)20-10-13-5-6-15(18)14(9-13)11-24-4/h5-6,9H,7-8,10-12H2,1-4H3,(H,19,20). The zero-order chi connectivity index (χ0) is 18.7. The average Bonchev–Trinajstić information content (AvgIpc) is 2.54. The van der Waals surface area contributed by atoms with E-state index < -0.39 is 14.6 Å². The molecule has 2 rings (SSSR count). The molecule has 0 saturated carbocycles. The van der Waals surface area contributed by atoms with Crippen LogP contribution in [0.15, 0.2) is 23.2 Å². The zero-order valence-corrected chi connectivity index (χ0v) is 16.0. The van der Waals surface area contributed by atoms with Crippen molar-refractivity contribution in [3.05, 3.63) is 35.1 Å². The number of aliphatic imine (C=N–C) groups is 1. The molecule has 0 aliphatic carbocycles. The lowest BCUT2D eigenvalue weighted by Gasteiger charge is -2.39. The third-order valence-corrected chi connectivity index (χ3v) is 6.95. The van der Waals surface area contributed by atoms with Gasteiger partial charge < -0.3 is 15.0 Å². The third-order valence-electron chi connectivity index (χ3n) is 4.42. The molecule has 140 valence electrons. The number of rotatable bonds is 4. The van der Waals surface area contributed by atoms with Gasteiger partial charge in [-0.3, -0.25) is 4.99 Å². The van der Waals surface area contributed by atoms with Gasteiger partial charge in [0.1, 0.15) is 5.82 Å². The monoisotopic (exact) mass is 371 g/mol. The number of ether oxygens (including phenoxy) is 1. The van der Waals surface area contributed by atoms with Crippen LogP contribution in [0, 0.1) is 5.82 Å². The number of methoxy groups -OCH3 is 1. The minimum absolute atomic E-state index is 0.106. The first-order chi connectivity index (χ1) is 11.7. The molecule has 1 aliphatic heterocycles. The van der Waals surface area contributed by atoms with Crippen LogP contribution in [0.4, 0.5) is 4.39 Å². The molecule has 8 heteroatoms. The van der Waals surface area contributed by atoms with E-state index in [1.807, 2.05) is 4.90 Å². The Morgan fingerprint density at radius 2 is 2.16 bits per heavy atom. The topological polar surface area (TPSA) is 71.0 Å². The van der Waals surface area contributed by atoms with Gasteiger partial charge in [-0.15, -0.1) is 0 Å². The summed E-state index contributed by atoms with van der Waals surface area (Å²) in [6.07, 6.45) is 0. The molecule has 6 nitrogen and oxygen atoms in total. The number of hydrogen-bond acceptors (Lipinski definition) is 4. The van der Waals surface area contributed by atoms with Crippen molar-refractivity contribution < 1.29 is 17.5 Å². The van der Waals surface area contributed by atoms with Gasteiger partial charge in [0.15, 0.2) is 15.8 Å². The molecule has 0 bridgehead atoms. The van der Waals surface area contributed by atoms with Crippen molar-refractivity contribution in [1.29, 1.82) is 0 Å². The normalized spacial score (nSPS) is 19.7. The lowest BCUT2D eigenvalue weighted by Crippen LogP contribution is -2.57. The molecule has 1 aromatic rings. The molecule has 25 heavy (non-hydrogen) atoms. The van der Waals surface area contributed by atoms with E-state index in [1.54, 1.807) is 33.0 Å². The van der Waals surface area contributed by atoms with Crippen molar-refractivity contribution in [2.75, 3.05) is 33.0 Å². The summed E-state index contributed by atoms with van der Waals surface area (Å²) in [5.41, 5.74) is 1.40. The minimum Gasteiger partial charge on any atom is -0.380 e. The zero-order valence-electron chi connectivity index (χ0n) is 15.2. The predicted molar refractivity (Wildman–Crippen MR) is 96.8 cm³/mol. The highest BCUT2D eigenvalue weighted by molar-refractivity contribution is 7.92. The van der Waals surface area contributed by atoms with Crippen molar-refractivity contribution in [2.24, 2.45) is 4.99 Å². The van der Waals surface area contributed by atoms with E-state index in [-0.39, 0.29) is 18.2 Å². The second-order valence-corrected chi connectivity index (χ2v) is 9.50. The third kappa shape index (κ3) is 4.49. The van der Waals surface area contributed by atoms with Crippen LogP contribution in [-0.4, -0.2) is 57.0 Å². The maximum Gasteiger partial charge on any atom is 0.193 e. The molecular formula is C17H26FN3O3S. The van der Waals surface area contributed by atoms with Gasteiger partial charge >= 0.3 is 0 Å². The first-order valence-electron chi connectivity index (χ1n) is 8.14. The molecular weight excluding hydrogens is 345 g/mol. The van der Waals surface area contributed by atoms with Gasteiger partial charge in [-0.05, 0) is 31.5 Å². The predicted octanol–water partition coefficient (Wildman–Crippen LogP) is 1.56. The molecule has 1 fully saturated rings. The Hall–Kier alpha value is -1.67. The van der Waals surface area contributed by atoms with Gasteiger partial charge in [0.2, 0.25) is 0 Å². The van der Waals surface area contributed by atoms with Crippen LogP contribution in [0.1, 0.15) is 25.0 Å². The quantitative estimate of drug-likeness (QED) is 0.642. The van der Waals surface area contributed by atoms with E-state index >= 15 is 0 Å². The Labute approximate surface area is 149 Å². The Bertz CT molecular complexity index is 748. The lowest BCUT2D eigenvalue weighted by molar-refractivity contribution is 0.181. The molecule has 1 aromatic carbocycles. The summed E-state index contributed by atoms with van der Waals surface area (Å²) in [6.45, 7) is 4.94. The Morgan fingerprint density at radius 1 is 1.44 bits per heavy atom. The Morgan fingerprint density at radius 3 is 2.76 bits per heavy atom. The lowest BCUT2D eigenvalue weighted by atomic mass is 10.1. The largest absolute Gasteiger partial charge is 0.380 e. The second kappa shape index (κ2) is 7.70. The molecule has 0 spiro atoms. The van der Waals surface area contributed by atoms with Gasteiger partial charge in [-0.1, -0.05) is 6.07 Å². The van der Waals surface area contributed by atoms with Crippen molar-refractivity contribution in [2.45, 2.75) is 31.7 Å². The fourth-order valence-corrected chi connectivity index (χ4v) is 4.21. The molecule has 0 unspecified atom stereocenters. The summed E-state index contributed by atoms with van der Waals surface area (Å²) < 4.78 is 42.1. The molecule has 1 aliphatic rings. The SMILES string of the molecule is CN=C(NCc1ccc(F)c(COC)c1)N1CCS(=O)(=O)C(C)(C)C1. The van der Waals surface area contributed by atoms with E-state index in [9.17, 15) is 12.8 Å². The number of halogens is 1. The fourth-order valence-electron chi connectivity index (χ4n) is 2.84. The van der Waals surface area contributed by atoms with Crippen LogP contribution < -0.4 is 5.32 Å². The van der Waals surface area contributed by atoms with Crippen molar-refractivity contribution in [3.63, 3.8) is 0 Å². The highest BCUT2D eigenvalue weighted by Gasteiger charge is 2.40. The van der Waals surface area contributed by atoms with Crippen molar-refractivity contribution in [3.8, 4) is 0 Å². The smallest absolute Gasteiger partial charge is 0.193 e. The average molecular weight is 371 g/mol. The number of nitrogens with one attached hydrogen (secondary N) is 1. The summed E-state index contributed by atoms with van der Waals surface area (Å²) >= 11 is 0. The summed E-state index contributed by atoms with van der Waals surface area (Å²) in [5, 5.41) is 3.23. The first-order valence-corrected chi connectivity index (χ1v) is 9.79. The van der Waals surface area contributed by atoms with Gasteiger partial charge in [-0.25, -0.2) is 12.8 Å². The number of hydrogen-bond donors (Lipinski definition) is 1. The van der Waals surface area contributed by atoms with Gasteiger partial charge in [-0.2, -0.15) is 0 Å². The summed E-state index contributed by atoms with van der Waals surface area (Å²) in [5.74, 6) is 0.452. The molecule has 1 saturated heterocycles. The van der Waals surface area contributed by atoms with E-state index in [0.717, 1.165) is 5.56 Å². The maximum atomic E-state index is 13.7. The number of nitrogens with zero attached hydrogens (tertiary/aromatic N) is 2. The Balaban J connectivity index is 2.05. The summed E-state index contributed by atoms with van der Waals surface area (Å²) in [7, 11) is 0.0928. The number of benzene rings is 1.